The molecule has 0 bridgehead atoms. The topological polar surface area (TPSA) is 55.5 Å². The first-order chi connectivity index (χ1) is 7.42. The van der Waals surface area contributed by atoms with Gasteiger partial charge in [-0.3, -0.25) is 0 Å². The molecule has 0 fully saturated rings. The van der Waals surface area contributed by atoms with Gasteiger partial charge in [0.2, 0.25) is 0 Å². The second kappa shape index (κ2) is 5.06. The molecule has 1 aromatic carbocycles. The fourth-order valence-electron chi connectivity index (χ4n) is 1.72. The van der Waals surface area contributed by atoms with Crippen LogP contribution in [-0.2, 0) is 5.41 Å². The molecule has 0 amide bonds. The van der Waals surface area contributed by atoms with Gasteiger partial charge in [-0.05, 0) is 36.1 Å². The predicted molar refractivity (Wildman–Crippen MR) is 69.1 cm³/mol. The Morgan fingerprint density at radius 1 is 1.44 bits per heavy atom. The third-order valence-electron chi connectivity index (χ3n) is 2.77. The highest BCUT2D eigenvalue weighted by atomic mass is 79.9. The van der Waals surface area contributed by atoms with Crippen molar-refractivity contribution >= 4 is 15.9 Å². The molecule has 16 heavy (non-hydrogen) atoms. The Hall–Kier alpha value is -0.740. The van der Waals surface area contributed by atoms with Crippen LogP contribution < -0.4 is 10.5 Å². The maximum atomic E-state index is 9.77. The number of ether oxygens (including phenoxy) is 1. The van der Waals surface area contributed by atoms with Gasteiger partial charge in [-0.15, -0.1) is 0 Å². The maximum Gasteiger partial charge on any atom is 0.161 e. The van der Waals surface area contributed by atoms with Crippen LogP contribution in [0.1, 0.15) is 25.8 Å². The van der Waals surface area contributed by atoms with Crippen molar-refractivity contribution in [2.45, 2.75) is 25.7 Å². The van der Waals surface area contributed by atoms with Crippen molar-refractivity contribution in [1.29, 1.82) is 0 Å². The summed E-state index contributed by atoms with van der Waals surface area (Å²) in [6.45, 7) is 4.82. The van der Waals surface area contributed by atoms with Crippen molar-refractivity contribution in [1.82, 2.24) is 0 Å². The lowest BCUT2D eigenvalue weighted by Gasteiger charge is -2.26. The molecule has 90 valence electrons. The second-order valence-electron chi connectivity index (χ2n) is 4.43. The number of halogens is 1. The van der Waals surface area contributed by atoms with Gasteiger partial charge in [-0.25, -0.2) is 0 Å². The van der Waals surface area contributed by atoms with Gasteiger partial charge in [0.15, 0.2) is 11.5 Å². The molecule has 0 spiro atoms. The zero-order valence-corrected chi connectivity index (χ0v) is 11.5. The van der Waals surface area contributed by atoms with Gasteiger partial charge in [-0.2, -0.15) is 0 Å². The molecule has 3 N–H and O–H groups in total. The summed E-state index contributed by atoms with van der Waals surface area (Å²) >= 11 is 3.50. The monoisotopic (exact) mass is 287 g/mol. The van der Waals surface area contributed by atoms with Crippen LogP contribution in [0.25, 0.3) is 0 Å². The lowest BCUT2D eigenvalue weighted by Crippen LogP contribution is -2.22. The number of rotatable bonds is 4. The zero-order chi connectivity index (χ0) is 12.3. The first kappa shape index (κ1) is 13.3. The Kier molecular flexibility index (Phi) is 4.21. The summed E-state index contributed by atoms with van der Waals surface area (Å²) in [5.41, 5.74) is 6.56. The molecule has 4 heteroatoms. The minimum absolute atomic E-state index is 0.0721. The Morgan fingerprint density at radius 3 is 2.56 bits per heavy atom. The van der Waals surface area contributed by atoms with Gasteiger partial charge in [0.05, 0.1) is 7.11 Å². The van der Waals surface area contributed by atoms with E-state index >= 15 is 0 Å². The molecule has 0 heterocycles. The van der Waals surface area contributed by atoms with Gasteiger partial charge < -0.3 is 15.6 Å². The van der Waals surface area contributed by atoms with Crippen molar-refractivity contribution in [2.24, 2.45) is 5.73 Å². The third-order valence-corrected chi connectivity index (χ3v) is 3.42. The molecule has 0 aliphatic heterocycles. The SMILES string of the molecule is COc1cc(Br)c(C(C)(C)CCN)cc1O. The van der Waals surface area contributed by atoms with Crippen molar-refractivity contribution in [3.63, 3.8) is 0 Å². The molecule has 0 aliphatic rings. The average Bonchev–Trinajstić information content (AvgIpc) is 2.20. The van der Waals surface area contributed by atoms with Crippen LogP contribution in [-0.4, -0.2) is 18.8 Å². The number of hydrogen-bond donors (Lipinski definition) is 2. The number of phenolic OH excluding ortho intramolecular Hbond substituents is 1. The summed E-state index contributed by atoms with van der Waals surface area (Å²) in [5, 5.41) is 9.77. The highest BCUT2D eigenvalue weighted by Crippen LogP contribution is 2.39. The molecule has 0 aliphatic carbocycles. The van der Waals surface area contributed by atoms with Crippen molar-refractivity contribution in [3.8, 4) is 11.5 Å². The van der Waals surface area contributed by atoms with Gasteiger partial charge in [0, 0.05) is 4.47 Å². The van der Waals surface area contributed by atoms with Crippen molar-refractivity contribution in [2.75, 3.05) is 13.7 Å². The van der Waals surface area contributed by atoms with Crippen LogP contribution in [0.3, 0.4) is 0 Å². The summed E-state index contributed by atoms with van der Waals surface area (Å²) in [7, 11) is 1.53. The molecule has 0 atom stereocenters. The highest BCUT2D eigenvalue weighted by molar-refractivity contribution is 9.10. The zero-order valence-electron chi connectivity index (χ0n) is 9.88. The molecule has 3 nitrogen and oxygen atoms in total. The lowest BCUT2D eigenvalue weighted by atomic mass is 9.81. The standard InChI is InChI=1S/C12H18BrNO2/c1-12(2,4-5-14)8-6-10(15)11(16-3)7-9(8)13/h6-7,15H,4-5,14H2,1-3H3. The van der Waals surface area contributed by atoms with Crippen LogP contribution in [0, 0.1) is 0 Å². The molecule has 0 saturated heterocycles. The smallest absolute Gasteiger partial charge is 0.161 e. The average molecular weight is 288 g/mol. The molecule has 0 unspecified atom stereocenters. The van der Waals surface area contributed by atoms with E-state index in [0.717, 1.165) is 16.5 Å². The Bertz CT molecular complexity index is 378. The van der Waals surface area contributed by atoms with E-state index in [1.807, 2.05) is 0 Å². The predicted octanol–water partition coefficient (Wildman–Crippen LogP) is 2.79. The van der Waals surface area contributed by atoms with E-state index in [-0.39, 0.29) is 11.2 Å². The molecule has 0 saturated carbocycles. The van der Waals surface area contributed by atoms with Crippen LogP contribution in [0.2, 0.25) is 0 Å². The van der Waals surface area contributed by atoms with Gasteiger partial charge in [-0.1, -0.05) is 29.8 Å². The molecule has 1 rings (SSSR count). The van der Waals surface area contributed by atoms with Crippen molar-refractivity contribution < 1.29 is 9.84 Å². The Morgan fingerprint density at radius 2 is 2.06 bits per heavy atom. The normalized spacial score (nSPS) is 11.6. The van der Waals surface area contributed by atoms with E-state index < -0.39 is 0 Å². The van der Waals surface area contributed by atoms with Gasteiger partial charge in [0.1, 0.15) is 0 Å². The quantitative estimate of drug-likeness (QED) is 0.895. The number of phenols is 1. The number of aromatic hydroxyl groups is 1. The number of benzene rings is 1. The minimum Gasteiger partial charge on any atom is -0.504 e. The summed E-state index contributed by atoms with van der Waals surface area (Å²) in [4.78, 5) is 0. The third kappa shape index (κ3) is 2.68. The largest absolute Gasteiger partial charge is 0.504 e. The molecular weight excluding hydrogens is 270 g/mol. The maximum absolute atomic E-state index is 9.77. The Labute approximate surface area is 105 Å². The lowest BCUT2D eigenvalue weighted by molar-refractivity contribution is 0.370. The molecule has 0 aromatic heterocycles. The summed E-state index contributed by atoms with van der Waals surface area (Å²) < 4.78 is 5.98. The number of nitrogens with two attached hydrogens (primary N) is 1. The van der Waals surface area contributed by atoms with E-state index in [1.54, 1.807) is 12.1 Å². The second-order valence-corrected chi connectivity index (χ2v) is 5.28. The fourth-order valence-corrected chi connectivity index (χ4v) is 2.58. The number of hydrogen-bond acceptors (Lipinski definition) is 3. The molecular formula is C12H18BrNO2. The first-order valence-corrected chi connectivity index (χ1v) is 5.98. The highest BCUT2D eigenvalue weighted by Gasteiger charge is 2.24. The van der Waals surface area contributed by atoms with E-state index in [4.69, 9.17) is 10.5 Å². The fraction of sp³-hybridized carbons (Fsp3) is 0.500. The van der Waals surface area contributed by atoms with E-state index in [2.05, 4.69) is 29.8 Å². The van der Waals surface area contributed by atoms with Crippen LogP contribution >= 0.6 is 15.9 Å². The van der Waals surface area contributed by atoms with E-state index in [0.29, 0.717) is 12.3 Å². The van der Waals surface area contributed by atoms with E-state index in [1.165, 1.54) is 7.11 Å². The van der Waals surface area contributed by atoms with E-state index in [9.17, 15) is 5.11 Å². The summed E-state index contributed by atoms with van der Waals surface area (Å²) in [5.74, 6) is 0.630. The number of methoxy groups -OCH3 is 1. The summed E-state index contributed by atoms with van der Waals surface area (Å²) in [6, 6.07) is 3.52. The van der Waals surface area contributed by atoms with Crippen molar-refractivity contribution in [3.05, 3.63) is 22.2 Å². The Balaban J connectivity index is 3.20. The first-order valence-electron chi connectivity index (χ1n) is 5.19. The van der Waals surface area contributed by atoms with Crippen LogP contribution in [0.4, 0.5) is 0 Å². The van der Waals surface area contributed by atoms with Crippen LogP contribution in [0.5, 0.6) is 11.5 Å². The van der Waals surface area contributed by atoms with Gasteiger partial charge >= 0.3 is 0 Å². The molecule has 1 aromatic rings. The molecule has 0 radical (unpaired) electrons. The van der Waals surface area contributed by atoms with Crippen LogP contribution in [0.15, 0.2) is 16.6 Å². The van der Waals surface area contributed by atoms with Gasteiger partial charge in [0.25, 0.3) is 0 Å². The summed E-state index contributed by atoms with van der Waals surface area (Å²) in [6.07, 6.45) is 0.859. The minimum atomic E-state index is -0.0721.